The molecular formula is C15H16BrClN2OS. The van der Waals surface area contributed by atoms with E-state index in [1.165, 1.54) is 4.88 Å². The lowest BCUT2D eigenvalue weighted by Gasteiger charge is -2.10. The summed E-state index contributed by atoms with van der Waals surface area (Å²) in [6.45, 7) is 0.728. The highest BCUT2D eigenvalue weighted by molar-refractivity contribution is 9.10. The number of likely N-dealkylation sites (N-methyl/N-ethyl adjacent to an activating group) is 1. The van der Waals surface area contributed by atoms with Crippen LogP contribution in [0.1, 0.15) is 10.4 Å². The number of nitrogens with zero attached hydrogens (tertiary/aromatic N) is 1. The van der Waals surface area contributed by atoms with Gasteiger partial charge in [0.25, 0.3) is 0 Å². The number of carbonyl (C=O) groups is 1. The van der Waals surface area contributed by atoms with E-state index < -0.39 is 0 Å². The summed E-state index contributed by atoms with van der Waals surface area (Å²) in [4.78, 5) is 14.4. The van der Waals surface area contributed by atoms with Crippen molar-refractivity contribution in [2.45, 2.75) is 13.0 Å². The molecule has 2 rings (SSSR count). The quantitative estimate of drug-likeness (QED) is 0.824. The molecule has 0 atom stereocenters. The summed E-state index contributed by atoms with van der Waals surface area (Å²) in [7, 11) is 3.53. The van der Waals surface area contributed by atoms with E-state index in [4.69, 9.17) is 11.6 Å². The summed E-state index contributed by atoms with van der Waals surface area (Å²) in [5, 5.41) is 3.34. The first kappa shape index (κ1) is 16.3. The predicted molar refractivity (Wildman–Crippen MR) is 93.2 cm³/mol. The number of amides is 1. The van der Waals surface area contributed by atoms with Crippen molar-refractivity contribution in [3.63, 3.8) is 0 Å². The van der Waals surface area contributed by atoms with Crippen molar-refractivity contribution in [1.29, 1.82) is 0 Å². The lowest BCUT2D eigenvalue weighted by molar-refractivity contribution is -0.127. The van der Waals surface area contributed by atoms with Gasteiger partial charge in [-0.3, -0.25) is 4.79 Å². The fourth-order valence-corrected chi connectivity index (χ4v) is 3.47. The third-order valence-electron chi connectivity index (χ3n) is 2.97. The van der Waals surface area contributed by atoms with Gasteiger partial charge in [0.2, 0.25) is 5.91 Å². The third-order valence-corrected chi connectivity index (χ3v) is 5.45. The van der Waals surface area contributed by atoms with Gasteiger partial charge < -0.3 is 10.2 Å². The molecule has 0 radical (unpaired) electrons. The largest absolute Gasteiger partial charge is 0.380 e. The number of hydrogen-bond acceptors (Lipinski definition) is 3. The molecule has 6 heteroatoms. The van der Waals surface area contributed by atoms with Crippen molar-refractivity contribution in [3.05, 3.63) is 49.6 Å². The molecule has 0 spiro atoms. The number of benzene rings is 1. The van der Waals surface area contributed by atoms with E-state index in [0.29, 0.717) is 6.42 Å². The Balaban J connectivity index is 1.91. The van der Waals surface area contributed by atoms with E-state index >= 15 is 0 Å². The van der Waals surface area contributed by atoms with E-state index in [2.05, 4.69) is 21.2 Å². The van der Waals surface area contributed by atoms with E-state index in [-0.39, 0.29) is 5.91 Å². The van der Waals surface area contributed by atoms with Gasteiger partial charge in [-0.05, 0) is 39.7 Å². The van der Waals surface area contributed by atoms with Crippen LogP contribution in [0.4, 0.5) is 5.69 Å². The van der Waals surface area contributed by atoms with Gasteiger partial charge in [0, 0.05) is 35.7 Å². The highest BCUT2D eigenvalue weighted by atomic mass is 79.9. The number of thiophene rings is 1. The van der Waals surface area contributed by atoms with Crippen LogP contribution in [0.25, 0.3) is 0 Å². The molecule has 0 aliphatic carbocycles. The van der Waals surface area contributed by atoms with Crippen molar-refractivity contribution in [3.8, 4) is 0 Å². The molecule has 0 aliphatic heterocycles. The van der Waals surface area contributed by atoms with Crippen molar-refractivity contribution in [2.75, 3.05) is 19.4 Å². The standard InChI is InChI=1S/C15H16BrClN2OS/c1-19(2)14(20)7-10-3-5-11(6-4-10)18-9-12-8-13(16)15(17)21-12/h3-6,8,18H,7,9H2,1-2H3. The van der Waals surface area contributed by atoms with Crippen molar-refractivity contribution in [1.82, 2.24) is 4.90 Å². The summed E-state index contributed by atoms with van der Waals surface area (Å²) in [5.74, 6) is 0.105. The molecular weight excluding hydrogens is 372 g/mol. The first-order valence-corrected chi connectivity index (χ1v) is 8.41. The van der Waals surface area contributed by atoms with Crippen LogP contribution in [0.15, 0.2) is 34.8 Å². The number of halogens is 2. The molecule has 0 bridgehead atoms. The Bertz CT molecular complexity index is 606. The minimum absolute atomic E-state index is 0.105. The summed E-state index contributed by atoms with van der Waals surface area (Å²) in [5.41, 5.74) is 2.04. The van der Waals surface area contributed by atoms with Crippen molar-refractivity contribution >= 4 is 50.5 Å². The second-order valence-corrected chi connectivity index (χ2v) is 7.44. The highest BCUT2D eigenvalue weighted by Crippen LogP contribution is 2.32. The SMILES string of the molecule is CN(C)C(=O)Cc1ccc(NCc2cc(Br)c(Cl)s2)cc1. The molecule has 1 heterocycles. The summed E-state index contributed by atoms with van der Waals surface area (Å²) in [6, 6.07) is 9.94. The second-order valence-electron chi connectivity index (χ2n) is 4.85. The fourth-order valence-electron chi connectivity index (χ4n) is 1.74. The lowest BCUT2D eigenvalue weighted by Crippen LogP contribution is -2.23. The van der Waals surface area contributed by atoms with Crippen LogP contribution in [0.5, 0.6) is 0 Å². The smallest absolute Gasteiger partial charge is 0.226 e. The Labute approximate surface area is 142 Å². The molecule has 2 aromatic rings. The predicted octanol–water partition coefficient (Wildman–Crippen LogP) is 4.41. The van der Waals surface area contributed by atoms with E-state index in [9.17, 15) is 4.79 Å². The molecule has 0 saturated heterocycles. The van der Waals surface area contributed by atoms with Crippen LogP contribution < -0.4 is 5.32 Å². The maximum Gasteiger partial charge on any atom is 0.226 e. The van der Waals surface area contributed by atoms with Crippen LogP contribution >= 0.6 is 38.9 Å². The average Bonchev–Trinajstić information content (AvgIpc) is 2.77. The van der Waals surface area contributed by atoms with Gasteiger partial charge in [0.1, 0.15) is 4.34 Å². The molecule has 1 amide bonds. The van der Waals surface area contributed by atoms with Crippen LogP contribution in [-0.4, -0.2) is 24.9 Å². The van der Waals surface area contributed by atoms with E-state index in [1.54, 1.807) is 30.3 Å². The minimum atomic E-state index is 0.105. The van der Waals surface area contributed by atoms with Crippen LogP contribution in [0.2, 0.25) is 4.34 Å². The van der Waals surface area contributed by atoms with Crippen molar-refractivity contribution in [2.24, 2.45) is 0 Å². The van der Waals surface area contributed by atoms with E-state index in [0.717, 1.165) is 26.6 Å². The molecule has 112 valence electrons. The number of anilines is 1. The molecule has 0 saturated carbocycles. The highest BCUT2D eigenvalue weighted by Gasteiger charge is 2.06. The Kier molecular flexibility index (Phi) is 5.67. The van der Waals surface area contributed by atoms with Gasteiger partial charge in [-0.2, -0.15) is 0 Å². The molecule has 1 N–H and O–H groups in total. The third kappa shape index (κ3) is 4.73. The minimum Gasteiger partial charge on any atom is -0.380 e. The average molecular weight is 388 g/mol. The summed E-state index contributed by atoms with van der Waals surface area (Å²) < 4.78 is 1.70. The maximum atomic E-state index is 11.6. The molecule has 1 aromatic carbocycles. The normalized spacial score (nSPS) is 10.5. The number of nitrogens with one attached hydrogen (secondary N) is 1. The van der Waals surface area contributed by atoms with Crippen LogP contribution in [0, 0.1) is 0 Å². The van der Waals surface area contributed by atoms with Crippen molar-refractivity contribution < 1.29 is 4.79 Å². The van der Waals surface area contributed by atoms with Gasteiger partial charge in [-0.15, -0.1) is 11.3 Å². The monoisotopic (exact) mass is 386 g/mol. The summed E-state index contributed by atoms with van der Waals surface area (Å²) >= 11 is 11.0. The number of carbonyl (C=O) groups excluding carboxylic acids is 1. The topological polar surface area (TPSA) is 32.3 Å². The zero-order chi connectivity index (χ0) is 15.4. The van der Waals surface area contributed by atoms with Gasteiger partial charge in [-0.1, -0.05) is 23.7 Å². The maximum absolute atomic E-state index is 11.6. The molecule has 0 aliphatic rings. The Morgan fingerprint density at radius 1 is 1.33 bits per heavy atom. The summed E-state index contributed by atoms with van der Waals surface area (Å²) in [6.07, 6.45) is 0.431. The zero-order valence-electron chi connectivity index (χ0n) is 11.8. The number of rotatable bonds is 5. The first-order chi connectivity index (χ1) is 9.95. The van der Waals surface area contributed by atoms with Gasteiger partial charge >= 0.3 is 0 Å². The molecule has 1 aromatic heterocycles. The lowest BCUT2D eigenvalue weighted by atomic mass is 10.1. The second kappa shape index (κ2) is 7.29. The Hall–Kier alpha value is -1.04. The molecule has 0 fully saturated rings. The van der Waals surface area contributed by atoms with Crippen LogP contribution in [0.3, 0.4) is 0 Å². The van der Waals surface area contributed by atoms with Gasteiger partial charge in [-0.25, -0.2) is 0 Å². The molecule has 21 heavy (non-hydrogen) atoms. The zero-order valence-corrected chi connectivity index (χ0v) is 15.0. The first-order valence-electron chi connectivity index (χ1n) is 6.42. The molecule has 0 unspecified atom stereocenters. The Morgan fingerprint density at radius 3 is 2.52 bits per heavy atom. The van der Waals surface area contributed by atoms with E-state index in [1.807, 2.05) is 30.3 Å². The number of hydrogen-bond donors (Lipinski definition) is 1. The van der Waals surface area contributed by atoms with Gasteiger partial charge in [0.05, 0.1) is 6.42 Å². The fraction of sp³-hybridized carbons (Fsp3) is 0.267. The van der Waals surface area contributed by atoms with Crippen LogP contribution in [-0.2, 0) is 17.8 Å². The Morgan fingerprint density at radius 2 is 2.00 bits per heavy atom. The molecule has 3 nitrogen and oxygen atoms in total. The van der Waals surface area contributed by atoms with Gasteiger partial charge in [0.15, 0.2) is 0 Å².